The van der Waals surface area contributed by atoms with E-state index in [4.69, 9.17) is 0 Å². The zero-order valence-electron chi connectivity index (χ0n) is 14.9. The van der Waals surface area contributed by atoms with Crippen LogP contribution in [0, 0.1) is 33.5 Å². The number of carbonyl (C=O) groups is 1. The number of aromatic nitrogens is 3. The molecule has 1 N–H and O–H groups in total. The summed E-state index contributed by atoms with van der Waals surface area (Å²) in [6.07, 6.45) is 0.779. The summed E-state index contributed by atoms with van der Waals surface area (Å²) in [6, 6.07) is 6.68. The molecule has 1 amide bonds. The molecule has 3 rings (SSSR count). The Labute approximate surface area is 145 Å². The highest BCUT2D eigenvalue weighted by Gasteiger charge is 2.13. The van der Waals surface area contributed by atoms with E-state index in [2.05, 4.69) is 15.4 Å². The number of anilines is 1. The lowest BCUT2D eigenvalue weighted by atomic mass is 10.1. The summed E-state index contributed by atoms with van der Waals surface area (Å²) in [5, 5.41) is 7.06. The van der Waals surface area contributed by atoms with E-state index < -0.39 is 5.82 Å². The smallest absolute Gasteiger partial charge is 0.224 e. The van der Waals surface area contributed by atoms with Crippen molar-refractivity contribution >= 4 is 17.2 Å². The van der Waals surface area contributed by atoms with E-state index in [1.54, 1.807) is 23.6 Å². The number of hydrogen-bond acceptors (Lipinski definition) is 3. The minimum Gasteiger partial charge on any atom is -0.324 e. The summed E-state index contributed by atoms with van der Waals surface area (Å²) < 4.78 is 15.6. The third kappa shape index (κ3) is 3.52. The van der Waals surface area contributed by atoms with Crippen molar-refractivity contribution in [2.24, 2.45) is 0 Å². The standard InChI is InChI=1S/C19H21FN4O/c1-11-5-7-17(16(20)9-11)22-19(25)8-6-15-13(3)21-18-10-12(2)23-24(18)14(15)4/h5,7,9-10H,6,8H2,1-4H3,(H,22,25). The average Bonchev–Trinajstić information content (AvgIpc) is 2.90. The van der Waals surface area contributed by atoms with Crippen molar-refractivity contribution in [1.29, 1.82) is 0 Å². The molecule has 0 aliphatic rings. The summed E-state index contributed by atoms with van der Waals surface area (Å²) in [7, 11) is 0. The molecule has 3 aromatic rings. The van der Waals surface area contributed by atoms with Crippen LogP contribution in [0.4, 0.5) is 10.1 Å². The molecule has 5 nitrogen and oxygen atoms in total. The van der Waals surface area contributed by atoms with Gasteiger partial charge in [-0.15, -0.1) is 0 Å². The first-order valence-corrected chi connectivity index (χ1v) is 8.23. The van der Waals surface area contributed by atoms with Crippen molar-refractivity contribution < 1.29 is 9.18 Å². The van der Waals surface area contributed by atoms with Crippen LogP contribution < -0.4 is 5.32 Å². The highest BCUT2D eigenvalue weighted by molar-refractivity contribution is 5.91. The van der Waals surface area contributed by atoms with Crippen LogP contribution in [0.25, 0.3) is 5.65 Å². The molecule has 2 aromatic heterocycles. The molecule has 2 heterocycles. The molecule has 0 atom stereocenters. The fourth-order valence-electron chi connectivity index (χ4n) is 2.98. The fraction of sp³-hybridized carbons (Fsp3) is 0.316. The Hall–Kier alpha value is -2.76. The lowest BCUT2D eigenvalue weighted by molar-refractivity contribution is -0.116. The van der Waals surface area contributed by atoms with Gasteiger partial charge in [-0.05, 0) is 57.4 Å². The van der Waals surface area contributed by atoms with E-state index in [1.807, 2.05) is 26.8 Å². The quantitative estimate of drug-likeness (QED) is 0.788. The first-order valence-electron chi connectivity index (χ1n) is 8.23. The molecular formula is C19H21FN4O. The monoisotopic (exact) mass is 340 g/mol. The fourth-order valence-corrected chi connectivity index (χ4v) is 2.98. The van der Waals surface area contributed by atoms with Gasteiger partial charge in [0.15, 0.2) is 5.65 Å². The summed E-state index contributed by atoms with van der Waals surface area (Å²) in [4.78, 5) is 16.7. The van der Waals surface area contributed by atoms with E-state index in [9.17, 15) is 9.18 Å². The van der Waals surface area contributed by atoms with Crippen molar-refractivity contribution in [1.82, 2.24) is 14.6 Å². The van der Waals surface area contributed by atoms with Gasteiger partial charge in [-0.25, -0.2) is 13.9 Å². The zero-order chi connectivity index (χ0) is 18.1. The molecule has 130 valence electrons. The van der Waals surface area contributed by atoms with Crippen LogP contribution in [0.2, 0.25) is 0 Å². The molecule has 0 saturated heterocycles. The number of fused-ring (bicyclic) bond motifs is 1. The van der Waals surface area contributed by atoms with Crippen LogP contribution in [0.5, 0.6) is 0 Å². The first kappa shape index (κ1) is 17.1. The molecule has 1 aromatic carbocycles. The van der Waals surface area contributed by atoms with Crippen LogP contribution in [0.3, 0.4) is 0 Å². The highest BCUT2D eigenvalue weighted by Crippen LogP contribution is 2.19. The van der Waals surface area contributed by atoms with Crippen molar-refractivity contribution in [3.05, 3.63) is 58.3 Å². The molecular weight excluding hydrogens is 319 g/mol. The van der Waals surface area contributed by atoms with Crippen LogP contribution in [0.15, 0.2) is 24.3 Å². The number of hydrogen-bond donors (Lipinski definition) is 1. The molecule has 0 bridgehead atoms. The van der Waals surface area contributed by atoms with E-state index in [0.717, 1.165) is 33.9 Å². The molecule has 0 spiro atoms. The van der Waals surface area contributed by atoms with Crippen LogP contribution in [-0.2, 0) is 11.2 Å². The average molecular weight is 340 g/mol. The molecule has 0 aliphatic heterocycles. The van der Waals surface area contributed by atoms with Gasteiger partial charge in [0.05, 0.1) is 11.4 Å². The molecule has 0 radical (unpaired) electrons. The molecule has 0 aliphatic carbocycles. The van der Waals surface area contributed by atoms with Gasteiger partial charge in [0.25, 0.3) is 0 Å². The second-order valence-electron chi connectivity index (χ2n) is 6.35. The number of aryl methyl sites for hydroxylation is 4. The zero-order valence-corrected chi connectivity index (χ0v) is 14.9. The number of amides is 1. The highest BCUT2D eigenvalue weighted by atomic mass is 19.1. The van der Waals surface area contributed by atoms with Gasteiger partial charge < -0.3 is 5.32 Å². The van der Waals surface area contributed by atoms with Gasteiger partial charge in [0, 0.05) is 23.9 Å². The largest absolute Gasteiger partial charge is 0.324 e. The van der Waals surface area contributed by atoms with Crippen LogP contribution in [0.1, 0.15) is 34.6 Å². The number of benzene rings is 1. The van der Waals surface area contributed by atoms with Gasteiger partial charge in [-0.3, -0.25) is 4.79 Å². The minimum absolute atomic E-state index is 0.209. The van der Waals surface area contributed by atoms with Gasteiger partial charge >= 0.3 is 0 Å². The second-order valence-corrected chi connectivity index (χ2v) is 6.35. The van der Waals surface area contributed by atoms with Gasteiger partial charge in [-0.1, -0.05) is 6.07 Å². The molecule has 0 fully saturated rings. The third-order valence-corrected chi connectivity index (χ3v) is 4.29. The van der Waals surface area contributed by atoms with Crippen molar-refractivity contribution in [3.63, 3.8) is 0 Å². The Morgan fingerprint density at radius 3 is 2.68 bits per heavy atom. The van der Waals surface area contributed by atoms with Gasteiger partial charge in [-0.2, -0.15) is 5.10 Å². The second kappa shape index (κ2) is 6.63. The van der Waals surface area contributed by atoms with E-state index in [-0.39, 0.29) is 18.0 Å². The van der Waals surface area contributed by atoms with Crippen molar-refractivity contribution in [2.45, 2.75) is 40.5 Å². The predicted octanol–water partition coefficient (Wildman–Crippen LogP) is 3.67. The summed E-state index contributed by atoms with van der Waals surface area (Å²) in [5.74, 6) is -0.644. The molecule has 0 unspecified atom stereocenters. The number of nitrogens with one attached hydrogen (secondary N) is 1. The molecule has 25 heavy (non-hydrogen) atoms. The molecule has 0 saturated carbocycles. The number of nitrogens with zero attached hydrogens (tertiary/aromatic N) is 3. The maximum Gasteiger partial charge on any atom is 0.224 e. The maximum absolute atomic E-state index is 13.8. The Morgan fingerprint density at radius 1 is 1.20 bits per heavy atom. The van der Waals surface area contributed by atoms with Crippen LogP contribution in [-0.4, -0.2) is 20.5 Å². The van der Waals surface area contributed by atoms with Crippen LogP contribution >= 0.6 is 0 Å². The number of halogens is 1. The van der Waals surface area contributed by atoms with Gasteiger partial charge in [0.2, 0.25) is 5.91 Å². The van der Waals surface area contributed by atoms with E-state index in [0.29, 0.717) is 6.42 Å². The summed E-state index contributed by atoms with van der Waals surface area (Å²) >= 11 is 0. The first-order chi connectivity index (χ1) is 11.8. The Bertz CT molecular complexity index is 962. The SMILES string of the molecule is Cc1ccc(NC(=O)CCc2c(C)nc3cc(C)nn3c2C)c(F)c1. The Morgan fingerprint density at radius 2 is 1.96 bits per heavy atom. The minimum atomic E-state index is -0.421. The third-order valence-electron chi connectivity index (χ3n) is 4.29. The van der Waals surface area contributed by atoms with E-state index >= 15 is 0 Å². The Balaban J connectivity index is 1.74. The van der Waals surface area contributed by atoms with Crippen molar-refractivity contribution in [3.8, 4) is 0 Å². The summed E-state index contributed by atoms with van der Waals surface area (Å²) in [6.45, 7) is 7.64. The summed E-state index contributed by atoms with van der Waals surface area (Å²) in [5.41, 5.74) is 5.59. The number of rotatable bonds is 4. The van der Waals surface area contributed by atoms with Gasteiger partial charge in [0.1, 0.15) is 5.82 Å². The van der Waals surface area contributed by atoms with Crippen molar-refractivity contribution in [2.75, 3.05) is 5.32 Å². The topological polar surface area (TPSA) is 59.3 Å². The Kier molecular flexibility index (Phi) is 4.53. The predicted molar refractivity (Wildman–Crippen MR) is 95.3 cm³/mol. The maximum atomic E-state index is 13.8. The van der Waals surface area contributed by atoms with E-state index in [1.165, 1.54) is 6.07 Å². The normalized spacial score (nSPS) is 11.1. The molecule has 6 heteroatoms. The number of carbonyl (C=O) groups excluding carboxylic acids is 1. The lowest BCUT2D eigenvalue weighted by Crippen LogP contribution is -2.15. The lowest BCUT2D eigenvalue weighted by Gasteiger charge is -2.11.